The molecule has 0 heterocycles. The molecule has 0 bridgehead atoms. The van der Waals surface area contributed by atoms with E-state index in [0.717, 1.165) is 38.5 Å². The van der Waals surface area contributed by atoms with Crippen LogP contribution in [0.5, 0.6) is 0 Å². The van der Waals surface area contributed by atoms with Gasteiger partial charge >= 0.3 is 19.8 Å². The molecule has 3 unspecified atom stereocenters. The Hall–Kier alpha value is -1.52. The molecule has 0 fully saturated rings. The molecule has 0 rings (SSSR count). The van der Waals surface area contributed by atoms with Crippen molar-refractivity contribution >= 4 is 25.7 Å². The summed E-state index contributed by atoms with van der Waals surface area (Å²) in [6.07, 6.45) is 52.7. The van der Waals surface area contributed by atoms with Crippen molar-refractivity contribution < 1.29 is 47.8 Å². The van der Waals surface area contributed by atoms with Gasteiger partial charge in [-0.25, -0.2) is 9.36 Å². The molecule has 0 saturated heterocycles. The number of esters is 1. The van der Waals surface area contributed by atoms with Gasteiger partial charge in [0.25, 0.3) is 0 Å². The van der Waals surface area contributed by atoms with Gasteiger partial charge in [0.1, 0.15) is 12.7 Å². The summed E-state index contributed by atoms with van der Waals surface area (Å²) in [6, 6.07) is -1.54. The highest BCUT2D eigenvalue weighted by Crippen LogP contribution is 2.43. The van der Waals surface area contributed by atoms with Crippen molar-refractivity contribution in [3.05, 3.63) is 0 Å². The number of amides is 1. The number of carboxylic acid groups (broad SMARTS) is 1. The second kappa shape index (κ2) is 49.9. The fourth-order valence-corrected chi connectivity index (χ4v) is 9.33. The largest absolute Gasteiger partial charge is 0.480 e. The second-order valence-electron chi connectivity index (χ2n) is 19.5. The van der Waals surface area contributed by atoms with Crippen molar-refractivity contribution in [2.45, 2.75) is 309 Å². The van der Waals surface area contributed by atoms with Crippen LogP contribution in [-0.4, -0.2) is 64.9 Å². The number of phosphoric ester groups is 1. The molecule has 3 atom stereocenters. The van der Waals surface area contributed by atoms with E-state index in [9.17, 15) is 34.1 Å². The first-order valence-electron chi connectivity index (χ1n) is 28.1. The fraction of sp³-hybridized carbons (Fsp3) is 0.944. The van der Waals surface area contributed by atoms with Crippen LogP contribution in [0.3, 0.4) is 0 Å². The number of nitrogens with one attached hydrogen (secondary N) is 1. The standard InChI is InChI=1S/C54H106NO10P/c1-3-5-7-9-11-13-15-17-19-21-23-25-27-29-31-33-35-37-39-41-43-45-52(57)55-51(54(59)60)49-65-66(61,62)64-48-50(56)47-63-53(58)46-44-42-40-38-36-34-32-30-28-26-24-22-20-18-16-14-12-10-8-6-4-2/h50-51,56H,3-49H2,1-2H3,(H,55,57)(H,59,60)(H,61,62). The summed E-state index contributed by atoms with van der Waals surface area (Å²) in [7, 11) is -4.76. The number of hydrogen-bond acceptors (Lipinski definition) is 8. The van der Waals surface area contributed by atoms with Gasteiger partial charge in [0.15, 0.2) is 6.04 Å². The molecular weight excluding hydrogens is 854 g/mol. The van der Waals surface area contributed by atoms with E-state index in [2.05, 4.69) is 19.2 Å². The molecular formula is C54H106NO10P. The Bertz CT molecular complexity index is 1130. The third-order valence-corrected chi connectivity index (χ3v) is 13.8. The lowest BCUT2D eigenvalue weighted by Gasteiger charge is -2.18. The van der Waals surface area contributed by atoms with Crippen LogP contribution in [0.25, 0.3) is 0 Å². The van der Waals surface area contributed by atoms with Crippen LogP contribution in [0.2, 0.25) is 0 Å². The molecule has 0 aliphatic heterocycles. The first kappa shape index (κ1) is 64.5. The number of ether oxygens (including phenoxy) is 1. The number of carboxylic acids is 1. The highest BCUT2D eigenvalue weighted by molar-refractivity contribution is 7.47. The average Bonchev–Trinajstić information content (AvgIpc) is 3.29. The number of carbonyl (C=O) groups is 3. The minimum absolute atomic E-state index is 0.153. The minimum atomic E-state index is -4.76. The number of aliphatic hydroxyl groups excluding tert-OH is 1. The van der Waals surface area contributed by atoms with Gasteiger partial charge in [0.2, 0.25) is 5.91 Å². The number of hydrogen-bond donors (Lipinski definition) is 4. The monoisotopic (exact) mass is 960 g/mol. The maximum Gasteiger partial charge on any atom is 0.472 e. The third kappa shape index (κ3) is 48.9. The summed E-state index contributed by atoms with van der Waals surface area (Å²) in [5.74, 6) is -2.34. The third-order valence-electron chi connectivity index (χ3n) is 12.9. The van der Waals surface area contributed by atoms with Crippen LogP contribution in [0.15, 0.2) is 0 Å². The zero-order valence-corrected chi connectivity index (χ0v) is 43.9. The van der Waals surface area contributed by atoms with Crippen molar-refractivity contribution in [2.24, 2.45) is 0 Å². The van der Waals surface area contributed by atoms with Gasteiger partial charge < -0.3 is 25.2 Å². The highest BCUT2D eigenvalue weighted by Gasteiger charge is 2.28. The Labute approximate surface area is 405 Å². The molecule has 12 heteroatoms. The number of unbranched alkanes of at least 4 members (excludes halogenated alkanes) is 40. The molecule has 0 spiro atoms. The van der Waals surface area contributed by atoms with Gasteiger partial charge in [0.05, 0.1) is 13.2 Å². The van der Waals surface area contributed by atoms with Crippen molar-refractivity contribution in [3.63, 3.8) is 0 Å². The minimum Gasteiger partial charge on any atom is -0.480 e. The van der Waals surface area contributed by atoms with Crippen LogP contribution >= 0.6 is 7.82 Å². The number of rotatable bonds is 54. The SMILES string of the molecule is CCCCCCCCCCCCCCCCCCCCCCCC(=O)NC(COP(=O)(O)OCC(O)COC(=O)CCCCCCCCCCCCCCCCCCCCCCC)C(=O)O. The summed E-state index contributed by atoms with van der Waals surface area (Å²) >= 11 is 0. The van der Waals surface area contributed by atoms with E-state index < -0.39 is 57.6 Å². The Morgan fingerprint density at radius 2 is 0.697 bits per heavy atom. The van der Waals surface area contributed by atoms with Gasteiger partial charge in [-0.2, -0.15) is 0 Å². The number of aliphatic carboxylic acids is 1. The van der Waals surface area contributed by atoms with E-state index in [1.54, 1.807) is 0 Å². The Kier molecular flexibility index (Phi) is 48.7. The van der Waals surface area contributed by atoms with Gasteiger partial charge in [-0.1, -0.05) is 271 Å². The zero-order chi connectivity index (χ0) is 48.4. The van der Waals surface area contributed by atoms with Gasteiger partial charge in [-0.3, -0.25) is 18.6 Å². The van der Waals surface area contributed by atoms with Crippen LogP contribution < -0.4 is 5.32 Å². The molecule has 0 aliphatic rings. The maximum atomic E-state index is 12.4. The smallest absolute Gasteiger partial charge is 0.472 e. The van der Waals surface area contributed by atoms with E-state index in [-0.39, 0.29) is 12.8 Å². The maximum absolute atomic E-state index is 12.4. The number of carbonyl (C=O) groups excluding carboxylic acids is 2. The van der Waals surface area contributed by atoms with Crippen molar-refractivity contribution in [1.82, 2.24) is 5.32 Å². The van der Waals surface area contributed by atoms with Crippen LogP contribution in [0, 0.1) is 0 Å². The number of phosphoric acid groups is 1. The lowest BCUT2D eigenvalue weighted by Crippen LogP contribution is -2.43. The summed E-state index contributed by atoms with van der Waals surface area (Å²) in [5, 5.41) is 22.0. The van der Waals surface area contributed by atoms with Crippen LogP contribution in [0.1, 0.15) is 296 Å². The van der Waals surface area contributed by atoms with E-state index >= 15 is 0 Å². The topological polar surface area (TPSA) is 169 Å². The molecule has 4 N–H and O–H groups in total. The molecule has 0 aromatic heterocycles. The molecule has 11 nitrogen and oxygen atoms in total. The highest BCUT2D eigenvalue weighted by atomic mass is 31.2. The average molecular weight is 960 g/mol. The van der Waals surface area contributed by atoms with E-state index in [1.807, 2.05) is 0 Å². The van der Waals surface area contributed by atoms with Gasteiger partial charge in [-0.15, -0.1) is 0 Å². The lowest BCUT2D eigenvalue weighted by molar-refractivity contribution is -0.147. The predicted octanol–water partition coefficient (Wildman–Crippen LogP) is 15.8. The summed E-state index contributed by atoms with van der Waals surface area (Å²) in [5.41, 5.74) is 0. The first-order valence-corrected chi connectivity index (χ1v) is 29.6. The van der Waals surface area contributed by atoms with E-state index in [0.29, 0.717) is 12.8 Å². The predicted molar refractivity (Wildman–Crippen MR) is 273 cm³/mol. The Morgan fingerprint density at radius 3 is 1.00 bits per heavy atom. The second-order valence-corrected chi connectivity index (χ2v) is 21.0. The molecule has 0 aromatic carbocycles. The van der Waals surface area contributed by atoms with Crippen molar-refractivity contribution in [3.8, 4) is 0 Å². The summed E-state index contributed by atoms with van der Waals surface area (Å²) < 4.78 is 27.0. The van der Waals surface area contributed by atoms with E-state index in [4.69, 9.17) is 13.8 Å². The fourth-order valence-electron chi connectivity index (χ4n) is 8.56. The summed E-state index contributed by atoms with van der Waals surface area (Å²) in [6.45, 7) is 2.68. The van der Waals surface area contributed by atoms with Crippen molar-refractivity contribution in [2.75, 3.05) is 19.8 Å². The molecule has 0 radical (unpaired) electrons. The van der Waals surface area contributed by atoms with E-state index in [1.165, 1.54) is 218 Å². The van der Waals surface area contributed by atoms with Crippen LogP contribution in [-0.2, 0) is 32.7 Å². The lowest BCUT2D eigenvalue weighted by atomic mass is 10.0. The molecule has 66 heavy (non-hydrogen) atoms. The Balaban J connectivity index is 3.74. The molecule has 0 aliphatic carbocycles. The molecule has 0 saturated carbocycles. The first-order chi connectivity index (χ1) is 32.1. The van der Waals surface area contributed by atoms with Gasteiger partial charge in [0, 0.05) is 12.8 Å². The summed E-state index contributed by atoms with van der Waals surface area (Å²) in [4.78, 5) is 46.2. The molecule has 1 amide bonds. The Morgan fingerprint density at radius 1 is 0.424 bits per heavy atom. The zero-order valence-electron chi connectivity index (χ0n) is 43.0. The molecule has 0 aromatic rings. The van der Waals surface area contributed by atoms with Crippen LogP contribution in [0.4, 0.5) is 0 Å². The number of aliphatic hydroxyl groups is 1. The quantitative estimate of drug-likeness (QED) is 0.0261. The van der Waals surface area contributed by atoms with Crippen molar-refractivity contribution in [1.29, 1.82) is 0 Å². The molecule has 392 valence electrons. The normalized spacial score (nSPS) is 13.4. The van der Waals surface area contributed by atoms with Gasteiger partial charge in [-0.05, 0) is 12.8 Å².